The number of esters is 3. The van der Waals surface area contributed by atoms with Crippen molar-refractivity contribution in [2.45, 2.75) is 354 Å². The lowest BCUT2D eigenvalue weighted by atomic mass is 10.0. The van der Waals surface area contributed by atoms with Crippen molar-refractivity contribution in [2.75, 3.05) is 13.2 Å². The maximum atomic E-state index is 12.9. The van der Waals surface area contributed by atoms with E-state index in [1.807, 2.05) is 0 Å². The summed E-state index contributed by atoms with van der Waals surface area (Å²) in [6.45, 7) is 6.56. The van der Waals surface area contributed by atoms with Crippen molar-refractivity contribution in [1.82, 2.24) is 0 Å². The van der Waals surface area contributed by atoms with E-state index in [0.717, 1.165) is 83.5 Å². The summed E-state index contributed by atoms with van der Waals surface area (Å²) in [5.41, 5.74) is 0. The van der Waals surface area contributed by atoms with Crippen molar-refractivity contribution in [2.24, 2.45) is 0 Å². The van der Waals surface area contributed by atoms with Gasteiger partial charge in [0.15, 0.2) is 6.10 Å². The lowest BCUT2D eigenvalue weighted by Gasteiger charge is -2.18. The summed E-state index contributed by atoms with van der Waals surface area (Å²) in [4.78, 5) is 38.3. The lowest BCUT2D eigenvalue weighted by molar-refractivity contribution is -0.167. The monoisotopic (exact) mass is 1040 g/mol. The quantitative estimate of drug-likeness (QED) is 0.0261. The van der Waals surface area contributed by atoms with Crippen molar-refractivity contribution in [3.8, 4) is 0 Å². The van der Waals surface area contributed by atoms with Crippen molar-refractivity contribution >= 4 is 17.9 Å². The summed E-state index contributed by atoms with van der Waals surface area (Å²) in [5.74, 6) is -0.891. The minimum Gasteiger partial charge on any atom is -0.462 e. The number of allylic oxidation sites excluding steroid dienone is 8. The average Bonchev–Trinajstić information content (AvgIpc) is 3.40. The Morgan fingerprint density at radius 2 is 0.527 bits per heavy atom. The molecule has 6 nitrogen and oxygen atoms in total. The molecular formula is C68H124O6. The summed E-state index contributed by atoms with van der Waals surface area (Å²) in [6.07, 6.45) is 78.5. The van der Waals surface area contributed by atoms with Gasteiger partial charge in [0.05, 0.1) is 0 Å². The maximum absolute atomic E-state index is 12.9. The highest BCUT2D eigenvalue weighted by molar-refractivity contribution is 5.71. The van der Waals surface area contributed by atoms with Crippen LogP contribution in [-0.4, -0.2) is 37.2 Å². The molecule has 0 bridgehead atoms. The Labute approximate surface area is 460 Å². The third-order valence-electron chi connectivity index (χ3n) is 14.6. The molecule has 0 heterocycles. The lowest BCUT2D eigenvalue weighted by Crippen LogP contribution is -2.30. The molecule has 6 heteroatoms. The summed E-state index contributed by atoms with van der Waals surface area (Å²) < 4.78 is 16.9. The van der Waals surface area contributed by atoms with Gasteiger partial charge in [-0.2, -0.15) is 0 Å². The molecule has 0 aliphatic carbocycles. The first-order valence-corrected chi connectivity index (χ1v) is 32.6. The topological polar surface area (TPSA) is 78.9 Å². The van der Waals surface area contributed by atoms with Gasteiger partial charge in [0.2, 0.25) is 0 Å². The van der Waals surface area contributed by atoms with Gasteiger partial charge in [0.1, 0.15) is 13.2 Å². The Balaban J connectivity index is 4.29. The zero-order valence-corrected chi connectivity index (χ0v) is 49.6. The third kappa shape index (κ3) is 60.2. The van der Waals surface area contributed by atoms with Crippen molar-refractivity contribution in [1.29, 1.82) is 0 Å². The van der Waals surface area contributed by atoms with Crippen LogP contribution in [0.1, 0.15) is 348 Å². The zero-order valence-electron chi connectivity index (χ0n) is 49.6. The highest BCUT2D eigenvalue weighted by atomic mass is 16.6. The molecule has 0 amide bonds. The Morgan fingerprint density at radius 3 is 0.851 bits per heavy atom. The number of rotatable bonds is 60. The highest BCUT2D eigenvalue weighted by Gasteiger charge is 2.19. The fourth-order valence-electron chi connectivity index (χ4n) is 9.69. The van der Waals surface area contributed by atoms with Crippen LogP contribution in [0.4, 0.5) is 0 Å². The van der Waals surface area contributed by atoms with Crippen LogP contribution < -0.4 is 0 Å². The van der Waals surface area contributed by atoms with E-state index in [1.54, 1.807) is 0 Å². The van der Waals surface area contributed by atoms with E-state index in [-0.39, 0.29) is 31.1 Å². The molecule has 0 aromatic rings. The first-order chi connectivity index (χ1) is 36.5. The highest BCUT2D eigenvalue weighted by Crippen LogP contribution is 2.18. The van der Waals surface area contributed by atoms with E-state index in [2.05, 4.69) is 69.4 Å². The van der Waals surface area contributed by atoms with Gasteiger partial charge >= 0.3 is 17.9 Å². The van der Waals surface area contributed by atoms with Crippen LogP contribution in [0.2, 0.25) is 0 Å². The van der Waals surface area contributed by atoms with Gasteiger partial charge in [-0.15, -0.1) is 0 Å². The van der Waals surface area contributed by atoms with Crippen LogP contribution in [0.5, 0.6) is 0 Å². The molecule has 0 spiro atoms. The molecule has 74 heavy (non-hydrogen) atoms. The maximum Gasteiger partial charge on any atom is 0.306 e. The van der Waals surface area contributed by atoms with Crippen LogP contribution >= 0.6 is 0 Å². The molecule has 432 valence electrons. The Morgan fingerprint density at radius 1 is 0.284 bits per heavy atom. The van der Waals surface area contributed by atoms with E-state index in [1.165, 1.54) is 225 Å². The molecule has 0 aliphatic heterocycles. The predicted molar refractivity (Wildman–Crippen MR) is 321 cm³/mol. The normalized spacial score (nSPS) is 12.3. The van der Waals surface area contributed by atoms with Gasteiger partial charge < -0.3 is 14.2 Å². The molecule has 0 fully saturated rings. The fraction of sp³-hybridized carbons (Fsp3) is 0.838. The summed E-state index contributed by atoms with van der Waals surface area (Å²) >= 11 is 0. The standard InChI is InChI=1S/C68H124O6/c1-4-7-10-13-16-19-22-25-27-29-31-33-35-36-38-40-43-46-49-52-55-58-61-67(70)73-64-65(63-72-66(69)60-57-54-51-48-45-42-24-21-18-15-12-9-6-3)74-68(71)62-59-56-53-50-47-44-41-39-37-34-32-30-28-26-23-20-17-14-11-8-5-2/h9,12,18,21,30,32,42,45,65H,4-8,10-11,13-17,19-20,22-29,31,33-41,43-44,46-64H2,1-3H3/b12-9-,21-18-,32-30-,45-42-. The van der Waals surface area contributed by atoms with Crippen LogP contribution in [-0.2, 0) is 28.6 Å². The minimum absolute atomic E-state index is 0.0796. The summed E-state index contributed by atoms with van der Waals surface area (Å²) in [6, 6.07) is 0. The van der Waals surface area contributed by atoms with Crippen LogP contribution in [0.3, 0.4) is 0 Å². The first kappa shape index (κ1) is 71.4. The predicted octanol–water partition coefficient (Wildman–Crippen LogP) is 22.2. The van der Waals surface area contributed by atoms with E-state index >= 15 is 0 Å². The largest absolute Gasteiger partial charge is 0.462 e. The van der Waals surface area contributed by atoms with Crippen molar-refractivity contribution in [3.63, 3.8) is 0 Å². The second-order valence-electron chi connectivity index (χ2n) is 22.0. The molecule has 0 aromatic carbocycles. The molecule has 0 saturated heterocycles. The average molecular weight is 1040 g/mol. The number of unbranched alkanes of at least 4 members (excludes halogenated alkanes) is 41. The molecule has 1 atom stereocenters. The van der Waals surface area contributed by atoms with Gasteiger partial charge in [-0.1, -0.05) is 301 Å². The molecule has 0 N–H and O–H groups in total. The number of carbonyl (C=O) groups excluding carboxylic acids is 3. The molecule has 0 rings (SSSR count). The molecule has 0 aliphatic rings. The van der Waals surface area contributed by atoms with Gasteiger partial charge in [-0.25, -0.2) is 0 Å². The molecule has 0 saturated carbocycles. The third-order valence-corrected chi connectivity index (χ3v) is 14.6. The molecule has 0 radical (unpaired) electrons. The Bertz CT molecular complexity index is 1280. The number of hydrogen-bond donors (Lipinski definition) is 0. The SMILES string of the molecule is CC/C=C\C/C=C\C/C=C\CCCCCC(=O)OCC(COC(=O)CCCCCCCCCCCCCCCCCCCCCCCC)OC(=O)CCCCCCCCCCC/C=C\CCCCCCCCCC. The smallest absolute Gasteiger partial charge is 0.306 e. The zero-order chi connectivity index (χ0) is 53.6. The van der Waals surface area contributed by atoms with Crippen LogP contribution in [0.15, 0.2) is 48.6 Å². The van der Waals surface area contributed by atoms with E-state index in [9.17, 15) is 14.4 Å². The van der Waals surface area contributed by atoms with Crippen molar-refractivity contribution < 1.29 is 28.6 Å². The molecule has 1 unspecified atom stereocenters. The molecule has 0 aromatic heterocycles. The van der Waals surface area contributed by atoms with Gasteiger partial charge in [0.25, 0.3) is 0 Å². The van der Waals surface area contributed by atoms with Crippen molar-refractivity contribution in [3.05, 3.63) is 48.6 Å². The number of carbonyl (C=O) groups is 3. The molecular weight excluding hydrogens is 913 g/mol. The summed E-state index contributed by atoms with van der Waals surface area (Å²) in [7, 11) is 0. The van der Waals surface area contributed by atoms with E-state index in [0.29, 0.717) is 19.3 Å². The van der Waals surface area contributed by atoms with Crippen LogP contribution in [0.25, 0.3) is 0 Å². The number of ether oxygens (including phenoxy) is 3. The number of hydrogen-bond acceptors (Lipinski definition) is 6. The second kappa shape index (κ2) is 62.9. The van der Waals surface area contributed by atoms with Crippen LogP contribution in [0, 0.1) is 0 Å². The Hall–Kier alpha value is -2.63. The second-order valence-corrected chi connectivity index (χ2v) is 22.0. The van der Waals surface area contributed by atoms with Gasteiger partial charge in [-0.3, -0.25) is 14.4 Å². The van der Waals surface area contributed by atoms with E-state index in [4.69, 9.17) is 14.2 Å². The minimum atomic E-state index is -0.785. The van der Waals surface area contributed by atoms with E-state index < -0.39 is 6.10 Å². The van der Waals surface area contributed by atoms with Gasteiger partial charge in [0, 0.05) is 19.3 Å². The fourth-order valence-corrected chi connectivity index (χ4v) is 9.69. The van der Waals surface area contributed by atoms with Gasteiger partial charge in [-0.05, 0) is 77.0 Å². The summed E-state index contributed by atoms with van der Waals surface area (Å²) in [5, 5.41) is 0. The Kier molecular flexibility index (Phi) is 60.7. The first-order valence-electron chi connectivity index (χ1n) is 32.6.